The predicted molar refractivity (Wildman–Crippen MR) is 85.8 cm³/mol. The number of methoxy groups -OCH3 is 1. The van der Waals surface area contributed by atoms with Crippen LogP contribution in [0, 0.1) is 6.92 Å². The lowest BCUT2D eigenvalue weighted by atomic mass is 10.0. The molecule has 0 fully saturated rings. The normalized spacial score (nSPS) is 13.0. The van der Waals surface area contributed by atoms with Gasteiger partial charge in [0, 0.05) is 7.11 Å². The number of carbonyl (C=O) groups excluding carboxylic acids is 1. The van der Waals surface area contributed by atoms with Gasteiger partial charge in [0.15, 0.2) is 5.75 Å². The number of para-hydroxylation sites is 1. The number of benzene rings is 1. The van der Waals surface area contributed by atoms with Crippen molar-refractivity contribution in [1.82, 2.24) is 0 Å². The van der Waals surface area contributed by atoms with Gasteiger partial charge in [-0.05, 0) is 31.4 Å². The molecule has 1 atom stereocenters. The average molecular weight is 329 g/mol. The predicted octanol–water partition coefficient (Wildman–Crippen LogP) is 1.81. The number of hydrogen-bond donors (Lipinski definition) is 1. The van der Waals surface area contributed by atoms with Crippen molar-refractivity contribution in [3.63, 3.8) is 0 Å². The second-order valence-electron chi connectivity index (χ2n) is 5.23. The first kappa shape index (κ1) is 18.6. The summed E-state index contributed by atoms with van der Waals surface area (Å²) in [5, 5.41) is 0. The standard InChI is InChI=1S/C15H23NO5S/c1-5-13-8-6-7-11(2)15(13)16(12(3)9-21-4)14(17)10-22(18,19)20/h6-8,12H,5,9-10H2,1-4H3,(H,18,19,20). The Morgan fingerprint density at radius 1 is 1.41 bits per heavy atom. The minimum Gasteiger partial charge on any atom is -0.383 e. The van der Waals surface area contributed by atoms with Crippen molar-refractivity contribution in [3.8, 4) is 0 Å². The number of rotatable bonds is 7. The summed E-state index contributed by atoms with van der Waals surface area (Å²) in [7, 11) is -2.87. The topological polar surface area (TPSA) is 83.9 Å². The highest BCUT2D eigenvalue weighted by Crippen LogP contribution is 2.28. The Balaban J connectivity index is 3.36. The molecule has 22 heavy (non-hydrogen) atoms. The van der Waals surface area contributed by atoms with Crippen molar-refractivity contribution in [1.29, 1.82) is 0 Å². The Labute approximate surface area is 131 Å². The molecular formula is C15H23NO5S. The molecule has 124 valence electrons. The third-order valence-electron chi connectivity index (χ3n) is 3.37. The summed E-state index contributed by atoms with van der Waals surface area (Å²) in [6, 6.07) is 5.30. The van der Waals surface area contributed by atoms with Gasteiger partial charge in [0.2, 0.25) is 5.91 Å². The van der Waals surface area contributed by atoms with Crippen LogP contribution in [0.1, 0.15) is 25.0 Å². The van der Waals surface area contributed by atoms with Gasteiger partial charge in [0.1, 0.15) is 0 Å². The highest BCUT2D eigenvalue weighted by atomic mass is 32.2. The zero-order chi connectivity index (χ0) is 16.9. The van der Waals surface area contributed by atoms with Crippen molar-refractivity contribution in [3.05, 3.63) is 29.3 Å². The summed E-state index contributed by atoms with van der Waals surface area (Å²) in [5.41, 5.74) is 2.49. The van der Waals surface area contributed by atoms with Crippen LogP contribution >= 0.6 is 0 Å². The van der Waals surface area contributed by atoms with Crippen LogP contribution in [0.25, 0.3) is 0 Å². The summed E-state index contributed by atoms with van der Waals surface area (Å²) in [6.07, 6.45) is 0.701. The first-order chi connectivity index (χ1) is 10.2. The van der Waals surface area contributed by atoms with E-state index >= 15 is 0 Å². The highest BCUT2D eigenvalue weighted by molar-refractivity contribution is 7.86. The van der Waals surface area contributed by atoms with E-state index in [1.54, 1.807) is 6.92 Å². The van der Waals surface area contributed by atoms with Crippen LogP contribution in [0.15, 0.2) is 18.2 Å². The molecule has 0 spiro atoms. The molecule has 0 heterocycles. The first-order valence-corrected chi connectivity index (χ1v) is 8.66. The van der Waals surface area contributed by atoms with E-state index in [9.17, 15) is 13.2 Å². The lowest BCUT2D eigenvalue weighted by Crippen LogP contribution is -2.45. The SMILES string of the molecule is CCc1cccc(C)c1N(C(=O)CS(=O)(=O)O)C(C)COC. The molecular weight excluding hydrogens is 306 g/mol. The van der Waals surface area contributed by atoms with E-state index in [0.717, 1.165) is 11.1 Å². The van der Waals surface area contributed by atoms with Crippen LogP contribution in [0.5, 0.6) is 0 Å². The maximum atomic E-state index is 12.4. The zero-order valence-electron chi connectivity index (χ0n) is 13.4. The van der Waals surface area contributed by atoms with E-state index < -0.39 is 21.8 Å². The lowest BCUT2D eigenvalue weighted by Gasteiger charge is -2.31. The van der Waals surface area contributed by atoms with Gasteiger partial charge in [-0.1, -0.05) is 25.1 Å². The van der Waals surface area contributed by atoms with Crippen molar-refractivity contribution >= 4 is 21.7 Å². The zero-order valence-corrected chi connectivity index (χ0v) is 14.2. The van der Waals surface area contributed by atoms with Crippen LogP contribution in [0.2, 0.25) is 0 Å². The molecule has 0 saturated carbocycles. The Bertz CT molecular complexity index is 627. The lowest BCUT2D eigenvalue weighted by molar-refractivity contribution is -0.117. The number of ether oxygens (including phenoxy) is 1. The summed E-state index contributed by atoms with van der Waals surface area (Å²) in [5.74, 6) is -1.62. The highest BCUT2D eigenvalue weighted by Gasteiger charge is 2.28. The van der Waals surface area contributed by atoms with E-state index in [1.807, 2.05) is 32.0 Å². The van der Waals surface area contributed by atoms with Crippen molar-refractivity contribution in [2.45, 2.75) is 33.2 Å². The Morgan fingerprint density at radius 3 is 2.55 bits per heavy atom. The monoisotopic (exact) mass is 329 g/mol. The third kappa shape index (κ3) is 4.79. The molecule has 1 N–H and O–H groups in total. The molecule has 0 radical (unpaired) electrons. The van der Waals surface area contributed by atoms with E-state index in [2.05, 4.69) is 0 Å². The van der Waals surface area contributed by atoms with Crippen LogP contribution in [-0.4, -0.2) is 44.4 Å². The van der Waals surface area contributed by atoms with Gasteiger partial charge in [-0.25, -0.2) is 0 Å². The van der Waals surface area contributed by atoms with Crippen molar-refractivity contribution in [2.24, 2.45) is 0 Å². The molecule has 1 aromatic rings. The number of carbonyl (C=O) groups is 1. The minimum atomic E-state index is -4.39. The number of nitrogens with zero attached hydrogens (tertiary/aromatic N) is 1. The fourth-order valence-electron chi connectivity index (χ4n) is 2.48. The summed E-state index contributed by atoms with van der Waals surface area (Å²) < 4.78 is 36.2. The van der Waals surface area contributed by atoms with E-state index in [4.69, 9.17) is 9.29 Å². The smallest absolute Gasteiger partial charge is 0.274 e. The van der Waals surface area contributed by atoms with Gasteiger partial charge < -0.3 is 9.64 Å². The van der Waals surface area contributed by atoms with Gasteiger partial charge in [-0.3, -0.25) is 9.35 Å². The number of hydrogen-bond acceptors (Lipinski definition) is 4. The molecule has 0 aliphatic heterocycles. The molecule has 6 nitrogen and oxygen atoms in total. The fraction of sp³-hybridized carbons (Fsp3) is 0.533. The van der Waals surface area contributed by atoms with Crippen molar-refractivity contribution in [2.75, 3.05) is 24.4 Å². The van der Waals surface area contributed by atoms with Crippen molar-refractivity contribution < 1.29 is 22.5 Å². The molecule has 1 unspecified atom stereocenters. The summed E-state index contributed by atoms with van der Waals surface area (Å²) in [4.78, 5) is 13.8. The maximum Gasteiger partial charge on any atom is 0.274 e. The van der Waals surface area contributed by atoms with Gasteiger partial charge in [-0.2, -0.15) is 8.42 Å². The van der Waals surface area contributed by atoms with Crippen LogP contribution in [0.4, 0.5) is 5.69 Å². The second kappa shape index (κ2) is 7.71. The number of anilines is 1. The third-order valence-corrected chi connectivity index (χ3v) is 3.98. The largest absolute Gasteiger partial charge is 0.383 e. The Hall–Kier alpha value is -1.44. The van der Waals surface area contributed by atoms with E-state index in [1.165, 1.54) is 12.0 Å². The van der Waals surface area contributed by atoms with E-state index in [-0.39, 0.29) is 12.6 Å². The Kier molecular flexibility index (Phi) is 6.52. The molecule has 0 aliphatic carbocycles. The van der Waals surface area contributed by atoms with Gasteiger partial charge in [0.25, 0.3) is 10.1 Å². The van der Waals surface area contributed by atoms with E-state index in [0.29, 0.717) is 12.1 Å². The molecule has 7 heteroatoms. The second-order valence-corrected chi connectivity index (χ2v) is 6.68. The van der Waals surface area contributed by atoms with Gasteiger partial charge in [-0.15, -0.1) is 0 Å². The molecule has 0 aromatic heterocycles. The molecule has 0 aliphatic rings. The first-order valence-electron chi connectivity index (χ1n) is 7.05. The van der Waals surface area contributed by atoms with Crippen LogP contribution in [0.3, 0.4) is 0 Å². The number of amides is 1. The Morgan fingerprint density at radius 2 is 2.05 bits per heavy atom. The molecule has 1 rings (SSSR count). The maximum absolute atomic E-state index is 12.4. The van der Waals surface area contributed by atoms with Gasteiger partial charge in [0.05, 0.1) is 18.3 Å². The molecule has 0 saturated heterocycles. The fourth-order valence-corrected chi connectivity index (χ4v) is 2.93. The van der Waals surface area contributed by atoms with Crippen LogP contribution < -0.4 is 4.90 Å². The summed E-state index contributed by atoms with van der Waals surface area (Å²) in [6.45, 7) is 5.86. The summed E-state index contributed by atoms with van der Waals surface area (Å²) >= 11 is 0. The molecule has 1 aromatic carbocycles. The average Bonchev–Trinajstić information content (AvgIpc) is 2.39. The minimum absolute atomic E-state index is 0.259. The molecule has 0 bridgehead atoms. The molecule has 1 amide bonds. The van der Waals surface area contributed by atoms with Crippen LogP contribution in [-0.2, 0) is 26.1 Å². The number of aryl methyl sites for hydroxylation is 2. The quantitative estimate of drug-likeness (QED) is 0.771. The van der Waals surface area contributed by atoms with Gasteiger partial charge >= 0.3 is 0 Å².